The first-order valence-corrected chi connectivity index (χ1v) is 6.52. The number of hydrogen-bond acceptors (Lipinski definition) is 2. The maximum Gasteiger partial charge on any atom is 0.221 e. The van der Waals surface area contributed by atoms with Gasteiger partial charge in [0.1, 0.15) is 0 Å². The number of nitrogens with one attached hydrogen (secondary N) is 1. The van der Waals surface area contributed by atoms with Gasteiger partial charge in [0.05, 0.1) is 10.3 Å². The van der Waals surface area contributed by atoms with Gasteiger partial charge in [-0.3, -0.25) is 4.79 Å². The monoisotopic (exact) mass is 325 g/mol. The van der Waals surface area contributed by atoms with E-state index in [2.05, 4.69) is 37.2 Å². The van der Waals surface area contributed by atoms with Crippen LogP contribution in [0.2, 0.25) is 0 Å². The normalized spacial score (nSPS) is 10.0. The number of carbonyl (C=O) groups is 1. The maximum atomic E-state index is 11.1. The summed E-state index contributed by atoms with van der Waals surface area (Å²) >= 11 is 8.22. The third-order valence-corrected chi connectivity index (χ3v) is 3.43. The summed E-state index contributed by atoms with van der Waals surface area (Å²) in [5.74, 6) is 0.0846. The Balaban J connectivity index is 2.30. The molecular formula is C8H9Br2NOS. The number of carbonyl (C=O) groups excluding carboxylic acids is 1. The lowest BCUT2D eigenvalue weighted by Crippen LogP contribution is -2.22. The molecule has 0 saturated heterocycles. The Morgan fingerprint density at radius 3 is 2.85 bits per heavy atom. The van der Waals surface area contributed by atoms with Gasteiger partial charge >= 0.3 is 0 Å². The maximum absolute atomic E-state index is 11.1. The second-order valence-electron chi connectivity index (χ2n) is 2.42. The number of rotatable bonds is 4. The second kappa shape index (κ2) is 5.78. The molecule has 1 rings (SSSR count). The highest BCUT2D eigenvalue weighted by Crippen LogP contribution is 2.21. The van der Waals surface area contributed by atoms with Crippen LogP contribution in [0.25, 0.3) is 0 Å². The van der Waals surface area contributed by atoms with Crippen molar-refractivity contribution in [3.05, 3.63) is 20.8 Å². The molecule has 0 fully saturated rings. The molecule has 13 heavy (non-hydrogen) atoms. The number of alkyl halides is 1. The van der Waals surface area contributed by atoms with Crippen LogP contribution < -0.4 is 5.32 Å². The number of thiophene rings is 1. The number of halogens is 2. The average molecular weight is 327 g/mol. The summed E-state index contributed by atoms with van der Waals surface area (Å²) < 4.78 is 1.09. The number of amides is 1. The van der Waals surface area contributed by atoms with Gasteiger partial charge in [-0.15, -0.1) is 11.3 Å². The van der Waals surface area contributed by atoms with Gasteiger partial charge in [-0.05, 0) is 28.1 Å². The second-order valence-corrected chi connectivity index (χ2v) is 5.76. The van der Waals surface area contributed by atoms with Crippen molar-refractivity contribution in [3.63, 3.8) is 0 Å². The Morgan fingerprint density at radius 2 is 2.31 bits per heavy atom. The van der Waals surface area contributed by atoms with Gasteiger partial charge in [0.2, 0.25) is 5.91 Å². The van der Waals surface area contributed by atoms with Gasteiger partial charge in [0.25, 0.3) is 0 Å². The minimum atomic E-state index is 0.0846. The minimum absolute atomic E-state index is 0.0846. The SMILES string of the molecule is O=C(CCBr)NCc1ccc(Br)s1. The third-order valence-electron chi connectivity index (χ3n) is 1.41. The molecule has 0 bridgehead atoms. The first-order chi connectivity index (χ1) is 6.22. The molecule has 1 aromatic heterocycles. The Morgan fingerprint density at radius 1 is 1.54 bits per heavy atom. The quantitative estimate of drug-likeness (QED) is 0.847. The zero-order valence-corrected chi connectivity index (χ0v) is 10.8. The molecule has 1 aromatic rings. The van der Waals surface area contributed by atoms with E-state index in [0.29, 0.717) is 18.3 Å². The lowest BCUT2D eigenvalue weighted by Gasteiger charge is -2.00. The van der Waals surface area contributed by atoms with Crippen LogP contribution in [-0.4, -0.2) is 11.2 Å². The van der Waals surface area contributed by atoms with Gasteiger partial charge in [-0.2, -0.15) is 0 Å². The van der Waals surface area contributed by atoms with Crippen LogP contribution in [0, 0.1) is 0 Å². The molecule has 0 radical (unpaired) electrons. The van der Waals surface area contributed by atoms with Crippen molar-refractivity contribution in [2.24, 2.45) is 0 Å². The summed E-state index contributed by atoms with van der Waals surface area (Å²) in [6.45, 7) is 0.627. The molecule has 72 valence electrons. The van der Waals surface area contributed by atoms with Crippen LogP contribution >= 0.6 is 43.2 Å². The standard InChI is InChI=1S/C8H9Br2NOS/c9-4-3-8(12)11-5-6-1-2-7(10)13-6/h1-2H,3-5H2,(H,11,12). The zero-order chi connectivity index (χ0) is 9.68. The molecule has 0 saturated carbocycles. The highest BCUT2D eigenvalue weighted by atomic mass is 79.9. The van der Waals surface area contributed by atoms with Crippen molar-refractivity contribution in [1.82, 2.24) is 5.32 Å². The minimum Gasteiger partial charge on any atom is -0.351 e. The molecule has 0 unspecified atom stereocenters. The van der Waals surface area contributed by atoms with Gasteiger partial charge in [-0.1, -0.05) is 15.9 Å². The molecule has 0 spiro atoms. The first-order valence-electron chi connectivity index (χ1n) is 3.79. The van der Waals surface area contributed by atoms with Gasteiger partial charge in [-0.25, -0.2) is 0 Å². The van der Waals surface area contributed by atoms with Crippen LogP contribution in [0.1, 0.15) is 11.3 Å². The topological polar surface area (TPSA) is 29.1 Å². The van der Waals surface area contributed by atoms with E-state index >= 15 is 0 Å². The summed E-state index contributed by atoms with van der Waals surface area (Å²) in [6.07, 6.45) is 0.534. The third kappa shape index (κ3) is 4.24. The first kappa shape index (κ1) is 11.2. The summed E-state index contributed by atoms with van der Waals surface area (Å²) in [7, 11) is 0. The van der Waals surface area contributed by atoms with Crippen molar-refractivity contribution >= 4 is 49.1 Å². The Labute approximate surface area is 98.0 Å². The summed E-state index contributed by atoms with van der Waals surface area (Å²) in [5, 5.41) is 3.55. The van der Waals surface area contributed by atoms with E-state index in [4.69, 9.17) is 0 Å². The molecule has 5 heteroatoms. The van der Waals surface area contributed by atoms with Crippen LogP contribution in [-0.2, 0) is 11.3 Å². The van der Waals surface area contributed by atoms with Crippen LogP contribution in [0.5, 0.6) is 0 Å². The Bertz CT molecular complexity index is 287. The van der Waals surface area contributed by atoms with Crippen molar-refractivity contribution in [1.29, 1.82) is 0 Å². The van der Waals surface area contributed by atoms with E-state index in [-0.39, 0.29) is 5.91 Å². The fraction of sp³-hybridized carbons (Fsp3) is 0.375. The lowest BCUT2D eigenvalue weighted by atomic mass is 10.4. The number of hydrogen-bond donors (Lipinski definition) is 1. The average Bonchev–Trinajstić information content (AvgIpc) is 2.49. The predicted molar refractivity (Wildman–Crippen MR) is 62.3 cm³/mol. The van der Waals surface area contributed by atoms with Crippen LogP contribution in [0.15, 0.2) is 15.9 Å². The van der Waals surface area contributed by atoms with E-state index in [9.17, 15) is 4.79 Å². The lowest BCUT2D eigenvalue weighted by molar-refractivity contribution is -0.120. The smallest absolute Gasteiger partial charge is 0.221 e. The summed E-state index contributed by atoms with van der Waals surface area (Å²) in [4.78, 5) is 12.2. The van der Waals surface area contributed by atoms with Gasteiger partial charge < -0.3 is 5.32 Å². The molecular weight excluding hydrogens is 318 g/mol. The van der Waals surface area contributed by atoms with Crippen LogP contribution in [0.4, 0.5) is 0 Å². The molecule has 2 nitrogen and oxygen atoms in total. The van der Waals surface area contributed by atoms with Crippen LogP contribution in [0.3, 0.4) is 0 Å². The molecule has 1 heterocycles. The van der Waals surface area contributed by atoms with Crippen molar-refractivity contribution < 1.29 is 4.79 Å². The highest BCUT2D eigenvalue weighted by molar-refractivity contribution is 9.11. The van der Waals surface area contributed by atoms with E-state index in [1.54, 1.807) is 11.3 Å². The molecule has 1 amide bonds. The van der Waals surface area contributed by atoms with Crippen molar-refractivity contribution in [2.75, 3.05) is 5.33 Å². The van der Waals surface area contributed by atoms with E-state index < -0.39 is 0 Å². The molecule has 0 aromatic carbocycles. The molecule has 0 aliphatic heterocycles. The van der Waals surface area contributed by atoms with Crippen molar-refractivity contribution in [3.8, 4) is 0 Å². The van der Waals surface area contributed by atoms with Gasteiger partial charge in [0.15, 0.2) is 0 Å². The van der Waals surface area contributed by atoms with E-state index in [1.807, 2.05) is 12.1 Å². The molecule has 0 atom stereocenters. The predicted octanol–water partition coefficient (Wildman–Crippen LogP) is 2.91. The van der Waals surface area contributed by atoms with Gasteiger partial charge in [0, 0.05) is 16.6 Å². The Hall–Kier alpha value is 0.130. The zero-order valence-electron chi connectivity index (χ0n) is 6.85. The van der Waals surface area contributed by atoms with Crippen molar-refractivity contribution in [2.45, 2.75) is 13.0 Å². The fourth-order valence-electron chi connectivity index (χ4n) is 0.807. The molecule has 0 aliphatic carbocycles. The molecule has 0 aliphatic rings. The van der Waals surface area contributed by atoms with E-state index in [1.165, 1.54) is 0 Å². The molecule has 1 N–H and O–H groups in total. The summed E-state index contributed by atoms with van der Waals surface area (Å²) in [5.41, 5.74) is 0. The largest absolute Gasteiger partial charge is 0.351 e. The highest BCUT2D eigenvalue weighted by Gasteiger charge is 2.01. The fourth-order valence-corrected chi connectivity index (χ4v) is 2.59. The Kier molecular flexibility index (Phi) is 4.98. The van der Waals surface area contributed by atoms with E-state index in [0.717, 1.165) is 8.66 Å². The summed E-state index contributed by atoms with van der Waals surface area (Å²) in [6, 6.07) is 3.99.